The van der Waals surface area contributed by atoms with Crippen LogP contribution in [0.2, 0.25) is 0 Å². The lowest BCUT2D eigenvalue weighted by molar-refractivity contribution is 0.0479. The van der Waals surface area contributed by atoms with Gasteiger partial charge >= 0.3 is 0 Å². The van der Waals surface area contributed by atoms with Crippen LogP contribution in [-0.2, 0) is 0 Å². The quantitative estimate of drug-likeness (QED) is 0.565. The molecule has 0 amide bonds. The van der Waals surface area contributed by atoms with E-state index in [0.717, 1.165) is 0 Å². The van der Waals surface area contributed by atoms with Crippen LogP contribution in [0.25, 0.3) is 0 Å². The van der Waals surface area contributed by atoms with Crippen molar-refractivity contribution in [1.82, 2.24) is 10.3 Å². The Morgan fingerprint density at radius 3 is 2.06 bits per heavy atom. The van der Waals surface area contributed by atoms with Crippen molar-refractivity contribution < 1.29 is 0 Å². The molecule has 1 saturated heterocycles. The highest BCUT2D eigenvalue weighted by Crippen LogP contribution is 2.42. The van der Waals surface area contributed by atoms with E-state index < -0.39 is 0 Å². The van der Waals surface area contributed by atoms with Crippen LogP contribution in [0.1, 0.15) is 65.2 Å². The maximum Gasteiger partial charge on any atom is 0.0422 e. The van der Waals surface area contributed by atoms with Gasteiger partial charge in [0, 0.05) is 11.6 Å². The van der Waals surface area contributed by atoms with Crippen molar-refractivity contribution in [2.75, 3.05) is 13.1 Å². The predicted molar refractivity (Wildman–Crippen MR) is 77.2 cm³/mol. The summed E-state index contributed by atoms with van der Waals surface area (Å²) in [6.45, 7) is 7.20. The molecule has 0 aromatic carbocycles. The molecule has 1 atom stereocenters. The fraction of sp³-hybridized carbons (Fsp3) is 1.00. The first-order valence-corrected chi connectivity index (χ1v) is 7.99. The minimum Gasteiger partial charge on any atom is -0.296 e. The lowest BCUT2D eigenvalue weighted by Crippen LogP contribution is -2.63. The van der Waals surface area contributed by atoms with Crippen LogP contribution in [0, 0.1) is 5.92 Å². The highest BCUT2D eigenvalue weighted by Gasteiger charge is 2.48. The summed E-state index contributed by atoms with van der Waals surface area (Å²) < 4.78 is 0. The molecule has 1 aliphatic heterocycles. The second-order valence-corrected chi connectivity index (χ2v) is 6.23. The van der Waals surface area contributed by atoms with Crippen molar-refractivity contribution in [1.29, 1.82) is 0 Å². The second kappa shape index (κ2) is 6.36. The lowest BCUT2D eigenvalue weighted by atomic mass is 9.77. The van der Waals surface area contributed by atoms with E-state index in [-0.39, 0.29) is 0 Å². The van der Waals surface area contributed by atoms with E-state index in [9.17, 15) is 0 Å². The Hall–Kier alpha value is -0.120. The molecule has 2 aliphatic rings. The molecule has 0 aromatic rings. The summed E-state index contributed by atoms with van der Waals surface area (Å²) in [6.07, 6.45) is 10.7. The van der Waals surface area contributed by atoms with Crippen molar-refractivity contribution in [3.8, 4) is 0 Å². The number of likely N-dealkylation sites (tertiary alicyclic amines) is 1. The summed E-state index contributed by atoms with van der Waals surface area (Å²) in [7, 11) is 0. The fourth-order valence-electron chi connectivity index (χ4n) is 4.46. The van der Waals surface area contributed by atoms with Crippen LogP contribution in [0.3, 0.4) is 0 Å². The van der Waals surface area contributed by atoms with Crippen LogP contribution < -0.4 is 11.3 Å². The van der Waals surface area contributed by atoms with Gasteiger partial charge in [0.2, 0.25) is 0 Å². The molecule has 18 heavy (non-hydrogen) atoms. The number of hydrazine groups is 1. The molecular formula is C15H31N3. The number of rotatable bonds is 6. The largest absolute Gasteiger partial charge is 0.296 e. The van der Waals surface area contributed by atoms with Gasteiger partial charge in [-0.1, -0.05) is 39.5 Å². The minimum atomic E-state index is 0.363. The second-order valence-electron chi connectivity index (χ2n) is 6.23. The van der Waals surface area contributed by atoms with Crippen LogP contribution in [0.5, 0.6) is 0 Å². The van der Waals surface area contributed by atoms with Gasteiger partial charge in [-0.3, -0.25) is 16.2 Å². The van der Waals surface area contributed by atoms with Gasteiger partial charge in [0.25, 0.3) is 0 Å². The highest BCUT2D eigenvalue weighted by molar-refractivity contribution is 5.05. The summed E-state index contributed by atoms with van der Waals surface area (Å²) >= 11 is 0. The van der Waals surface area contributed by atoms with Crippen LogP contribution in [0.4, 0.5) is 0 Å². The predicted octanol–water partition coefficient (Wildman–Crippen LogP) is 2.66. The molecule has 3 nitrogen and oxygen atoms in total. The molecular weight excluding hydrogens is 222 g/mol. The minimum absolute atomic E-state index is 0.363. The third-order valence-electron chi connectivity index (χ3n) is 5.48. The standard InChI is InChI=1S/C15H31N3/c1-3-13(4-2)14(17-16)15(9-5-6-10-15)18-11-7-8-12-18/h13-14,17H,3-12,16H2,1-2H3. The number of hydrogen-bond acceptors (Lipinski definition) is 3. The summed E-state index contributed by atoms with van der Waals surface area (Å²) in [4.78, 5) is 2.77. The third kappa shape index (κ3) is 2.45. The third-order valence-corrected chi connectivity index (χ3v) is 5.48. The molecule has 1 unspecified atom stereocenters. The molecule has 0 aromatic heterocycles. The Morgan fingerprint density at radius 2 is 1.61 bits per heavy atom. The summed E-state index contributed by atoms with van der Waals surface area (Å²) in [5.74, 6) is 6.70. The van der Waals surface area contributed by atoms with Crippen molar-refractivity contribution in [2.45, 2.75) is 76.8 Å². The SMILES string of the molecule is CCC(CC)C(NN)C1(N2CCCC2)CCCC1. The number of nitrogens with two attached hydrogens (primary N) is 1. The Kier molecular flexibility index (Phi) is 5.05. The average molecular weight is 253 g/mol. The number of hydrogen-bond donors (Lipinski definition) is 2. The molecule has 3 heteroatoms. The topological polar surface area (TPSA) is 41.3 Å². The van der Waals surface area contributed by atoms with E-state index in [4.69, 9.17) is 5.84 Å². The molecule has 0 radical (unpaired) electrons. The summed E-state index contributed by atoms with van der Waals surface area (Å²) in [5, 5.41) is 0. The molecule has 2 rings (SSSR count). The Morgan fingerprint density at radius 1 is 1.06 bits per heavy atom. The van der Waals surface area contributed by atoms with Gasteiger partial charge in [-0.15, -0.1) is 0 Å². The average Bonchev–Trinajstić information content (AvgIpc) is 3.06. The van der Waals surface area contributed by atoms with Crippen LogP contribution in [-0.4, -0.2) is 29.6 Å². The zero-order valence-electron chi connectivity index (χ0n) is 12.3. The van der Waals surface area contributed by atoms with Gasteiger partial charge in [-0.05, 0) is 44.7 Å². The van der Waals surface area contributed by atoms with Crippen molar-refractivity contribution >= 4 is 0 Å². The maximum absolute atomic E-state index is 5.98. The van der Waals surface area contributed by atoms with E-state index in [1.165, 1.54) is 64.5 Å². The molecule has 1 saturated carbocycles. The van der Waals surface area contributed by atoms with Crippen molar-refractivity contribution in [3.63, 3.8) is 0 Å². The Labute approximate surface area is 112 Å². The monoisotopic (exact) mass is 253 g/mol. The smallest absolute Gasteiger partial charge is 0.0422 e. The van der Waals surface area contributed by atoms with Gasteiger partial charge in [0.05, 0.1) is 0 Å². The fourth-order valence-corrected chi connectivity index (χ4v) is 4.46. The molecule has 1 aliphatic carbocycles. The van der Waals surface area contributed by atoms with Gasteiger partial charge in [-0.2, -0.15) is 0 Å². The normalized spacial score (nSPS) is 26.0. The van der Waals surface area contributed by atoms with Crippen molar-refractivity contribution in [2.24, 2.45) is 11.8 Å². The first-order valence-electron chi connectivity index (χ1n) is 7.99. The molecule has 106 valence electrons. The first kappa shape index (κ1) is 14.3. The molecule has 1 heterocycles. The van der Waals surface area contributed by atoms with E-state index in [1.807, 2.05) is 0 Å². The van der Waals surface area contributed by atoms with Crippen LogP contribution >= 0.6 is 0 Å². The summed E-state index contributed by atoms with van der Waals surface area (Å²) in [5.41, 5.74) is 3.59. The van der Waals surface area contributed by atoms with Crippen LogP contribution in [0.15, 0.2) is 0 Å². The molecule has 0 spiro atoms. The number of nitrogens with one attached hydrogen (secondary N) is 1. The maximum atomic E-state index is 5.98. The van der Waals surface area contributed by atoms with Gasteiger partial charge in [0.1, 0.15) is 0 Å². The van der Waals surface area contributed by atoms with E-state index in [1.54, 1.807) is 0 Å². The lowest BCUT2D eigenvalue weighted by Gasteiger charge is -2.47. The van der Waals surface area contributed by atoms with Gasteiger partial charge in [0.15, 0.2) is 0 Å². The van der Waals surface area contributed by atoms with E-state index in [0.29, 0.717) is 17.5 Å². The molecule has 2 fully saturated rings. The summed E-state index contributed by atoms with van der Waals surface area (Å²) in [6, 6.07) is 0.480. The van der Waals surface area contributed by atoms with E-state index >= 15 is 0 Å². The zero-order valence-corrected chi connectivity index (χ0v) is 12.3. The zero-order chi connectivity index (χ0) is 13.0. The first-order chi connectivity index (χ1) is 8.78. The molecule has 0 bridgehead atoms. The van der Waals surface area contributed by atoms with Gasteiger partial charge < -0.3 is 0 Å². The Bertz CT molecular complexity index is 238. The number of nitrogens with zero attached hydrogens (tertiary/aromatic N) is 1. The van der Waals surface area contributed by atoms with E-state index in [2.05, 4.69) is 24.2 Å². The highest BCUT2D eigenvalue weighted by atomic mass is 15.3. The Balaban J connectivity index is 2.20. The van der Waals surface area contributed by atoms with Crippen molar-refractivity contribution in [3.05, 3.63) is 0 Å². The molecule has 3 N–H and O–H groups in total. The van der Waals surface area contributed by atoms with Gasteiger partial charge in [-0.25, -0.2) is 0 Å².